The number of nitrogens with zero attached hydrogens (tertiary/aromatic N) is 1. The average molecular weight is 347 g/mol. The lowest BCUT2D eigenvalue weighted by atomic mass is 10.1. The zero-order valence-electron chi connectivity index (χ0n) is 13.5. The van der Waals surface area contributed by atoms with Crippen LogP contribution < -0.4 is 0 Å². The molecule has 0 aliphatic carbocycles. The lowest BCUT2D eigenvalue weighted by Crippen LogP contribution is -2.40. The molecule has 1 saturated heterocycles. The highest BCUT2D eigenvalue weighted by atomic mass is 16.6. The van der Waals surface area contributed by atoms with E-state index in [-0.39, 0.29) is 13.2 Å². The quantitative estimate of drug-likeness (QED) is 0.314. The number of ether oxygens (including phenoxy) is 3. The molecule has 1 aromatic carbocycles. The largest absolute Gasteiger partial charge is 0.466 e. The third-order valence-electron chi connectivity index (χ3n) is 3.42. The number of carbonyl (C=O) groups is 4. The SMILES string of the molecule is COC(=O)/C=C/COCC(=O)C(=O)N1C(=O)OC[C@H]1c1ccccc1. The highest BCUT2D eigenvalue weighted by Gasteiger charge is 2.41. The number of methoxy groups -OCH3 is 1. The van der Waals surface area contributed by atoms with E-state index in [0.717, 1.165) is 11.0 Å². The van der Waals surface area contributed by atoms with Gasteiger partial charge in [-0.05, 0) is 5.56 Å². The van der Waals surface area contributed by atoms with Gasteiger partial charge in [-0.1, -0.05) is 36.4 Å². The van der Waals surface area contributed by atoms with Crippen molar-refractivity contribution in [2.24, 2.45) is 0 Å². The second kappa shape index (κ2) is 8.74. The highest BCUT2D eigenvalue weighted by Crippen LogP contribution is 2.27. The molecule has 0 radical (unpaired) electrons. The second-order valence-corrected chi connectivity index (χ2v) is 5.04. The first-order chi connectivity index (χ1) is 12.0. The molecule has 1 aliphatic heterocycles. The Morgan fingerprint density at radius 1 is 1.28 bits per heavy atom. The normalized spacial score (nSPS) is 16.8. The van der Waals surface area contributed by atoms with Crippen molar-refractivity contribution in [1.29, 1.82) is 0 Å². The summed E-state index contributed by atoms with van der Waals surface area (Å²) in [4.78, 5) is 47.7. The number of imide groups is 1. The van der Waals surface area contributed by atoms with Gasteiger partial charge in [-0.25, -0.2) is 14.5 Å². The molecule has 1 aromatic rings. The third kappa shape index (κ3) is 4.74. The van der Waals surface area contributed by atoms with Crippen LogP contribution in [0.15, 0.2) is 42.5 Å². The number of esters is 1. The van der Waals surface area contributed by atoms with Gasteiger partial charge in [0.1, 0.15) is 19.3 Å². The van der Waals surface area contributed by atoms with Crippen molar-refractivity contribution in [3.63, 3.8) is 0 Å². The standard InChI is InChI=1S/C17H17NO7/c1-23-15(20)8-5-9-24-11-14(19)16(21)18-13(10-25-17(18)22)12-6-3-2-4-7-12/h2-8,13H,9-11H2,1H3/b8-5+/t13-/m0/s1. The fourth-order valence-corrected chi connectivity index (χ4v) is 2.19. The molecule has 132 valence electrons. The van der Waals surface area contributed by atoms with Crippen molar-refractivity contribution in [2.75, 3.05) is 26.9 Å². The summed E-state index contributed by atoms with van der Waals surface area (Å²) in [6.07, 6.45) is 1.62. The van der Waals surface area contributed by atoms with Crippen molar-refractivity contribution in [2.45, 2.75) is 6.04 Å². The highest BCUT2D eigenvalue weighted by molar-refractivity contribution is 6.39. The Morgan fingerprint density at radius 2 is 2.00 bits per heavy atom. The van der Waals surface area contributed by atoms with Gasteiger partial charge in [0.15, 0.2) is 0 Å². The Hall–Kier alpha value is -3.00. The monoisotopic (exact) mass is 347 g/mol. The molecule has 2 amide bonds. The van der Waals surface area contributed by atoms with E-state index in [2.05, 4.69) is 4.74 Å². The Kier molecular flexibility index (Phi) is 6.41. The molecule has 0 saturated carbocycles. The van der Waals surface area contributed by atoms with Crippen LogP contribution in [-0.2, 0) is 28.6 Å². The van der Waals surface area contributed by atoms with Gasteiger partial charge in [0, 0.05) is 6.08 Å². The van der Waals surface area contributed by atoms with Crippen molar-refractivity contribution in [3.05, 3.63) is 48.0 Å². The summed E-state index contributed by atoms with van der Waals surface area (Å²) in [7, 11) is 1.23. The fourth-order valence-electron chi connectivity index (χ4n) is 2.19. The van der Waals surface area contributed by atoms with Crippen LogP contribution in [0.3, 0.4) is 0 Å². The third-order valence-corrected chi connectivity index (χ3v) is 3.42. The molecule has 0 N–H and O–H groups in total. The van der Waals surface area contributed by atoms with Crippen molar-refractivity contribution in [1.82, 2.24) is 4.90 Å². The number of carbonyl (C=O) groups excluding carboxylic acids is 4. The van der Waals surface area contributed by atoms with E-state index in [4.69, 9.17) is 9.47 Å². The number of hydrogen-bond donors (Lipinski definition) is 0. The Balaban J connectivity index is 1.93. The maximum atomic E-state index is 12.3. The van der Waals surface area contributed by atoms with Gasteiger partial charge < -0.3 is 14.2 Å². The molecule has 8 heteroatoms. The Bertz CT molecular complexity index is 683. The van der Waals surface area contributed by atoms with Gasteiger partial charge in [0.25, 0.3) is 0 Å². The van der Waals surface area contributed by atoms with Crippen LogP contribution in [0.4, 0.5) is 4.79 Å². The first kappa shape index (κ1) is 18.3. The molecule has 0 aromatic heterocycles. The summed E-state index contributed by atoms with van der Waals surface area (Å²) in [5.74, 6) is -2.43. The van der Waals surface area contributed by atoms with Crippen LogP contribution in [0, 0.1) is 0 Å². The van der Waals surface area contributed by atoms with E-state index in [1.807, 2.05) is 0 Å². The number of amides is 2. The number of Topliss-reactive ketones (excluding diaryl/α,β-unsaturated/α-hetero) is 1. The lowest BCUT2D eigenvalue weighted by molar-refractivity contribution is -0.145. The van der Waals surface area contributed by atoms with E-state index in [1.54, 1.807) is 30.3 Å². The summed E-state index contributed by atoms with van der Waals surface area (Å²) in [6.45, 7) is -0.582. The maximum Gasteiger partial charge on any atom is 0.417 e. The van der Waals surface area contributed by atoms with E-state index in [0.29, 0.717) is 5.56 Å². The molecule has 25 heavy (non-hydrogen) atoms. The van der Waals surface area contributed by atoms with Crippen molar-refractivity contribution >= 4 is 23.8 Å². The summed E-state index contributed by atoms with van der Waals surface area (Å²) in [5.41, 5.74) is 0.691. The van der Waals surface area contributed by atoms with E-state index < -0.39 is 36.4 Å². The van der Waals surface area contributed by atoms with Gasteiger partial charge >= 0.3 is 18.0 Å². The average Bonchev–Trinajstić information content (AvgIpc) is 3.02. The minimum atomic E-state index is -0.992. The molecule has 1 atom stereocenters. The molecule has 1 heterocycles. The molecule has 0 unspecified atom stereocenters. The van der Waals surface area contributed by atoms with E-state index in [1.165, 1.54) is 13.2 Å². The smallest absolute Gasteiger partial charge is 0.417 e. The predicted molar refractivity (Wildman–Crippen MR) is 84.4 cm³/mol. The Labute approximate surface area is 143 Å². The molecule has 2 rings (SSSR count). The first-order valence-corrected chi connectivity index (χ1v) is 7.45. The fraction of sp³-hybridized carbons (Fsp3) is 0.294. The first-order valence-electron chi connectivity index (χ1n) is 7.45. The molecule has 0 spiro atoms. The summed E-state index contributed by atoms with van der Waals surface area (Å²) >= 11 is 0. The van der Waals surface area contributed by atoms with Crippen LogP contribution in [0.2, 0.25) is 0 Å². The van der Waals surface area contributed by atoms with Crippen molar-refractivity contribution in [3.8, 4) is 0 Å². The van der Waals surface area contributed by atoms with E-state index >= 15 is 0 Å². The second-order valence-electron chi connectivity index (χ2n) is 5.04. The molecule has 1 fully saturated rings. The number of rotatable bonds is 7. The van der Waals surface area contributed by atoms with Crippen molar-refractivity contribution < 1.29 is 33.4 Å². The Morgan fingerprint density at radius 3 is 2.68 bits per heavy atom. The van der Waals surface area contributed by atoms with Crippen LogP contribution in [0.25, 0.3) is 0 Å². The number of benzene rings is 1. The van der Waals surface area contributed by atoms with Gasteiger partial charge in [-0.3, -0.25) is 9.59 Å². The molecule has 1 aliphatic rings. The van der Waals surface area contributed by atoms with Crippen LogP contribution in [0.1, 0.15) is 11.6 Å². The number of hydrogen-bond acceptors (Lipinski definition) is 7. The van der Waals surface area contributed by atoms with Gasteiger partial charge in [-0.2, -0.15) is 0 Å². The topological polar surface area (TPSA) is 99.2 Å². The van der Waals surface area contributed by atoms with E-state index in [9.17, 15) is 19.2 Å². The molecule has 0 bridgehead atoms. The number of cyclic esters (lactones) is 1. The minimum Gasteiger partial charge on any atom is -0.466 e. The zero-order chi connectivity index (χ0) is 18.2. The zero-order valence-corrected chi connectivity index (χ0v) is 13.5. The van der Waals surface area contributed by atoms with Gasteiger partial charge in [0.05, 0.1) is 13.7 Å². The summed E-state index contributed by atoms with van der Waals surface area (Å²) in [5, 5.41) is 0. The van der Waals surface area contributed by atoms with Crippen LogP contribution in [-0.4, -0.2) is 55.6 Å². The maximum absolute atomic E-state index is 12.3. The van der Waals surface area contributed by atoms with Gasteiger partial charge in [-0.15, -0.1) is 0 Å². The lowest BCUT2D eigenvalue weighted by Gasteiger charge is -2.18. The molecular weight excluding hydrogens is 330 g/mol. The van der Waals surface area contributed by atoms with Gasteiger partial charge in [0.2, 0.25) is 5.78 Å². The summed E-state index contributed by atoms with van der Waals surface area (Å²) < 4.78 is 14.3. The molecule has 8 nitrogen and oxygen atoms in total. The van der Waals surface area contributed by atoms with Crippen LogP contribution >= 0.6 is 0 Å². The molecular formula is C17H17NO7. The minimum absolute atomic E-state index is 0.00933. The summed E-state index contributed by atoms with van der Waals surface area (Å²) in [6, 6.07) is 8.16. The predicted octanol–water partition coefficient (Wildman–Crippen LogP) is 1.02. The number of ketones is 1. The van der Waals surface area contributed by atoms with Crippen LogP contribution in [0.5, 0.6) is 0 Å².